The number of hydrogen-bond acceptors (Lipinski definition) is 6. The Labute approximate surface area is 122 Å². The molecule has 20 heavy (non-hydrogen) atoms. The number of ether oxygens (including phenoxy) is 1. The van der Waals surface area contributed by atoms with Gasteiger partial charge in [-0.2, -0.15) is 0 Å². The highest BCUT2D eigenvalue weighted by Crippen LogP contribution is 2.35. The van der Waals surface area contributed by atoms with Gasteiger partial charge >= 0.3 is 5.97 Å². The van der Waals surface area contributed by atoms with Gasteiger partial charge < -0.3 is 9.72 Å². The van der Waals surface area contributed by atoms with Crippen molar-refractivity contribution in [1.29, 1.82) is 0 Å². The summed E-state index contributed by atoms with van der Waals surface area (Å²) < 4.78 is 4.93. The molecule has 104 valence electrons. The summed E-state index contributed by atoms with van der Waals surface area (Å²) in [6, 6.07) is 0. The summed E-state index contributed by atoms with van der Waals surface area (Å²) in [6.07, 6.45) is 3.82. The fraction of sp³-hybridized carbons (Fsp3) is 0.462. The van der Waals surface area contributed by atoms with Crippen LogP contribution in [0.2, 0.25) is 0 Å². The van der Waals surface area contributed by atoms with Crippen LogP contribution >= 0.6 is 23.1 Å². The minimum Gasteiger partial charge on any atom is -0.465 e. The van der Waals surface area contributed by atoms with Crippen molar-refractivity contribution in [2.75, 3.05) is 6.61 Å². The van der Waals surface area contributed by atoms with Crippen LogP contribution in [0.5, 0.6) is 0 Å². The Morgan fingerprint density at radius 3 is 3.05 bits per heavy atom. The number of esters is 1. The van der Waals surface area contributed by atoms with Gasteiger partial charge in [0, 0.05) is 11.3 Å². The lowest BCUT2D eigenvalue weighted by molar-refractivity contribution is -0.137. The van der Waals surface area contributed by atoms with E-state index in [2.05, 4.69) is 9.97 Å². The van der Waals surface area contributed by atoms with Crippen molar-refractivity contribution < 1.29 is 9.53 Å². The standard InChI is InChI=1S/C13H12N2O3S2/c16-10-9-6-2-1-3-7(6)19-11(9)15-13(14-10)20-8-4-5-18-12(8)17/h8H,1-5H2,(H,14,15,16). The van der Waals surface area contributed by atoms with E-state index in [1.807, 2.05) is 0 Å². The molecule has 1 unspecified atom stereocenters. The third-order valence-electron chi connectivity index (χ3n) is 3.69. The summed E-state index contributed by atoms with van der Waals surface area (Å²) in [5.41, 5.74) is 1.10. The molecular weight excluding hydrogens is 296 g/mol. The number of hydrogen-bond donors (Lipinski definition) is 1. The maximum Gasteiger partial charge on any atom is 0.319 e. The van der Waals surface area contributed by atoms with Crippen LogP contribution in [0.3, 0.4) is 0 Å². The maximum atomic E-state index is 12.3. The SMILES string of the molecule is O=C1OCCC1Sc1nc2sc3c(c2c(=O)[nH]1)CCC3. The number of cyclic esters (lactones) is 1. The third-order valence-corrected chi connectivity index (χ3v) is 6.01. The molecule has 0 radical (unpaired) electrons. The summed E-state index contributed by atoms with van der Waals surface area (Å²) in [5, 5.41) is 1.02. The predicted octanol–water partition coefficient (Wildman–Crippen LogP) is 1.88. The molecule has 5 nitrogen and oxygen atoms in total. The number of fused-ring (bicyclic) bond motifs is 3. The summed E-state index contributed by atoms with van der Waals surface area (Å²) in [5.74, 6) is -0.216. The lowest BCUT2D eigenvalue weighted by Gasteiger charge is -2.04. The molecule has 1 atom stereocenters. The second-order valence-corrected chi connectivity index (χ2v) is 7.25. The largest absolute Gasteiger partial charge is 0.465 e. The number of aryl methyl sites for hydroxylation is 2. The topological polar surface area (TPSA) is 72.0 Å². The Bertz CT molecular complexity index is 765. The first-order valence-corrected chi connectivity index (χ1v) is 8.30. The molecule has 0 amide bonds. The molecule has 0 spiro atoms. The van der Waals surface area contributed by atoms with Gasteiger partial charge in [0.05, 0.1) is 12.0 Å². The van der Waals surface area contributed by atoms with E-state index in [1.165, 1.54) is 22.2 Å². The molecule has 2 aromatic rings. The minimum absolute atomic E-state index is 0.0803. The average molecular weight is 308 g/mol. The highest BCUT2D eigenvalue weighted by molar-refractivity contribution is 8.00. The van der Waals surface area contributed by atoms with Gasteiger partial charge in [0.15, 0.2) is 5.16 Å². The second-order valence-electron chi connectivity index (χ2n) is 4.97. The van der Waals surface area contributed by atoms with Crippen LogP contribution in [0.15, 0.2) is 9.95 Å². The number of aromatic nitrogens is 2. The highest BCUT2D eigenvalue weighted by Gasteiger charge is 2.29. The summed E-state index contributed by atoms with van der Waals surface area (Å²) >= 11 is 2.91. The quantitative estimate of drug-likeness (QED) is 0.677. The number of rotatable bonds is 2. The molecular formula is C13H12N2O3S2. The van der Waals surface area contributed by atoms with Gasteiger partial charge in [-0.1, -0.05) is 11.8 Å². The number of aromatic amines is 1. The normalized spacial score (nSPS) is 21.4. The highest BCUT2D eigenvalue weighted by atomic mass is 32.2. The first-order chi connectivity index (χ1) is 9.72. The van der Waals surface area contributed by atoms with E-state index in [0.717, 1.165) is 29.5 Å². The van der Waals surface area contributed by atoms with Gasteiger partial charge in [0.2, 0.25) is 0 Å². The number of thiophene rings is 1. The minimum atomic E-state index is -0.248. The van der Waals surface area contributed by atoms with Crippen molar-refractivity contribution in [1.82, 2.24) is 9.97 Å². The molecule has 0 aromatic carbocycles. The molecule has 1 fully saturated rings. The van der Waals surface area contributed by atoms with Crippen molar-refractivity contribution >= 4 is 39.3 Å². The fourth-order valence-electron chi connectivity index (χ4n) is 2.76. The Balaban J connectivity index is 1.75. The third kappa shape index (κ3) is 1.88. The Morgan fingerprint density at radius 2 is 2.25 bits per heavy atom. The van der Waals surface area contributed by atoms with Crippen LogP contribution < -0.4 is 5.56 Å². The van der Waals surface area contributed by atoms with Crippen LogP contribution in [0.1, 0.15) is 23.3 Å². The lowest BCUT2D eigenvalue weighted by atomic mass is 10.2. The molecule has 0 bridgehead atoms. The number of carbonyl (C=O) groups excluding carboxylic acids is 1. The first-order valence-electron chi connectivity index (χ1n) is 6.60. The van der Waals surface area contributed by atoms with Gasteiger partial charge in [0.25, 0.3) is 5.56 Å². The van der Waals surface area contributed by atoms with Crippen LogP contribution in [-0.4, -0.2) is 27.8 Å². The smallest absolute Gasteiger partial charge is 0.319 e. The average Bonchev–Trinajstić information content (AvgIpc) is 3.06. The van der Waals surface area contributed by atoms with Gasteiger partial charge in [-0.15, -0.1) is 11.3 Å². The zero-order valence-corrected chi connectivity index (χ0v) is 12.2. The van der Waals surface area contributed by atoms with E-state index in [1.54, 1.807) is 11.3 Å². The molecule has 0 saturated carbocycles. The van der Waals surface area contributed by atoms with Crippen molar-refractivity contribution in [3.8, 4) is 0 Å². The van der Waals surface area contributed by atoms with Crippen LogP contribution in [0, 0.1) is 0 Å². The van der Waals surface area contributed by atoms with Crippen LogP contribution in [0.4, 0.5) is 0 Å². The Hall–Kier alpha value is -1.34. The van der Waals surface area contributed by atoms with Gasteiger partial charge in [-0.3, -0.25) is 9.59 Å². The van der Waals surface area contributed by atoms with E-state index < -0.39 is 0 Å². The molecule has 4 rings (SSSR count). The van der Waals surface area contributed by atoms with Gasteiger partial charge in [-0.25, -0.2) is 4.98 Å². The number of thioether (sulfide) groups is 1. The molecule has 7 heteroatoms. The Kier molecular flexibility index (Phi) is 2.85. The first kappa shape index (κ1) is 12.4. The number of H-pyrrole nitrogens is 1. The van der Waals surface area contributed by atoms with E-state index in [4.69, 9.17) is 4.74 Å². The van der Waals surface area contributed by atoms with Crippen LogP contribution in [0.25, 0.3) is 10.2 Å². The molecule has 3 heterocycles. The van der Waals surface area contributed by atoms with Gasteiger partial charge in [-0.05, 0) is 24.8 Å². The molecule has 1 aliphatic carbocycles. The second kappa shape index (κ2) is 4.60. The molecule has 2 aromatic heterocycles. The van der Waals surface area contributed by atoms with E-state index >= 15 is 0 Å². The van der Waals surface area contributed by atoms with E-state index in [9.17, 15) is 9.59 Å². The molecule has 1 saturated heterocycles. The van der Waals surface area contributed by atoms with Crippen molar-refractivity contribution in [3.63, 3.8) is 0 Å². The van der Waals surface area contributed by atoms with Crippen LogP contribution in [-0.2, 0) is 22.4 Å². The fourth-order valence-corrected chi connectivity index (χ4v) is 5.02. The molecule has 1 N–H and O–H groups in total. The summed E-state index contributed by atoms with van der Waals surface area (Å²) in [6.45, 7) is 0.455. The lowest BCUT2D eigenvalue weighted by Crippen LogP contribution is -2.14. The molecule has 2 aliphatic rings. The van der Waals surface area contributed by atoms with Gasteiger partial charge in [0.1, 0.15) is 10.1 Å². The zero-order valence-electron chi connectivity index (χ0n) is 10.6. The summed E-state index contributed by atoms with van der Waals surface area (Å²) in [7, 11) is 0. The van der Waals surface area contributed by atoms with Crippen molar-refractivity contribution in [2.24, 2.45) is 0 Å². The summed E-state index contributed by atoms with van der Waals surface area (Å²) in [4.78, 5) is 33.2. The zero-order chi connectivity index (χ0) is 13.7. The Morgan fingerprint density at radius 1 is 1.35 bits per heavy atom. The van der Waals surface area contributed by atoms with Crippen molar-refractivity contribution in [3.05, 3.63) is 20.8 Å². The van der Waals surface area contributed by atoms with E-state index in [-0.39, 0.29) is 16.8 Å². The number of carbonyl (C=O) groups is 1. The number of nitrogens with zero attached hydrogens (tertiary/aromatic N) is 1. The number of nitrogens with one attached hydrogen (secondary N) is 1. The maximum absolute atomic E-state index is 12.3. The predicted molar refractivity (Wildman–Crippen MR) is 77.5 cm³/mol. The molecule has 1 aliphatic heterocycles. The van der Waals surface area contributed by atoms with E-state index in [0.29, 0.717) is 18.2 Å². The van der Waals surface area contributed by atoms with Crippen molar-refractivity contribution in [2.45, 2.75) is 36.1 Å². The monoisotopic (exact) mass is 308 g/mol.